The molecule has 138 valence electrons. The highest BCUT2D eigenvalue weighted by Gasteiger charge is 2.27. The maximum absolute atomic E-state index is 12.9. The zero-order chi connectivity index (χ0) is 18.8. The molecule has 2 heterocycles. The van der Waals surface area contributed by atoms with E-state index in [-0.39, 0.29) is 12.0 Å². The lowest BCUT2D eigenvalue weighted by Gasteiger charge is -2.32. The molecular formula is C20H16BrClN2O2S. The van der Waals surface area contributed by atoms with Crippen LogP contribution < -0.4 is 0 Å². The third-order valence-electron chi connectivity index (χ3n) is 4.41. The second-order valence-electron chi connectivity index (χ2n) is 6.21. The number of thiazole rings is 1. The van der Waals surface area contributed by atoms with Gasteiger partial charge in [-0.3, -0.25) is 4.79 Å². The molecule has 1 amide bonds. The maximum atomic E-state index is 12.9. The van der Waals surface area contributed by atoms with Gasteiger partial charge in [0.25, 0.3) is 5.91 Å². The highest BCUT2D eigenvalue weighted by Crippen LogP contribution is 2.28. The average molecular weight is 464 g/mol. The van der Waals surface area contributed by atoms with E-state index >= 15 is 0 Å². The summed E-state index contributed by atoms with van der Waals surface area (Å²) in [6.07, 6.45) is -0.120. The standard InChI is InChI=1S/C20H16BrClN2O2S/c21-15-5-1-13(2-6-15)18-11-24(9-10-26-18)20(25)17-12-27-19(23-17)14-3-7-16(22)8-4-14/h1-8,12,18H,9-11H2. The summed E-state index contributed by atoms with van der Waals surface area (Å²) in [5.41, 5.74) is 2.50. The molecule has 4 rings (SSSR count). The number of benzene rings is 2. The third-order valence-corrected chi connectivity index (χ3v) is 6.08. The molecule has 0 spiro atoms. The lowest BCUT2D eigenvalue weighted by Crippen LogP contribution is -2.42. The van der Waals surface area contributed by atoms with Crippen molar-refractivity contribution in [2.75, 3.05) is 19.7 Å². The summed E-state index contributed by atoms with van der Waals surface area (Å²) in [6, 6.07) is 15.5. The zero-order valence-corrected chi connectivity index (χ0v) is 17.4. The van der Waals surface area contributed by atoms with Gasteiger partial charge in [-0.25, -0.2) is 4.98 Å². The molecule has 1 aliphatic rings. The Labute approximate surface area is 174 Å². The lowest BCUT2D eigenvalue weighted by molar-refractivity contribution is -0.0229. The van der Waals surface area contributed by atoms with Crippen LogP contribution in [-0.2, 0) is 4.74 Å². The van der Waals surface area contributed by atoms with E-state index in [0.717, 1.165) is 20.6 Å². The number of morpholine rings is 1. The van der Waals surface area contributed by atoms with Crippen LogP contribution in [0.5, 0.6) is 0 Å². The fourth-order valence-corrected chi connectivity index (χ4v) is 4.16. The first kappa shape index (κ1) is 18.6. The molecule has 0 N–H and O–H groups in total. The zero-order valence-electron chi connectivity index (χ0n) is 14.3. The molecule has 0 bridgehead atoms. The lowest BCUT2D eigenvalue weighted by atomic mass is 10.1. The second-order valence-corrected chi connectivity index (χ2v) is 8.42. The largest absolute Gasteiger partial charge is 0.370 e. The fraction of sp³-hybridized carbons (Fsp3) is 0.200. The van der Waals surface area contributed by atoms with Crippen LogP contribution in [0.15, 0.2) is 58.4 Å². The Morgan fingerprint density at radius 3 is 2.67 bits per heavy atom. The van der Waals surface area contributed by atoms with E-state index < -0.39 is 0 Å². The maximum Gasteiger partial charge on any atom is 0.273 e. The van der Waals surface area contributed by atoms with Crippen molar-refractivity contribution in [1.82, 2.24) is 9.88 Å². The smallest absolute Gasteiger partial charge is 0.273 e. The fourth-order valence-electron chi connectivity index (χ4n) is 2.97. The van der Waals surface area contributed by atoms with Gasteiger partial charge in [-0.15, -0.1) is 11.3 Å². The van der Waals surface area contributed by atoms with Gasteiger partial charge in [-0.2, -0.15) is 0 Å². The van der Waals surface area contributed by atoms with E-state index in [2.05, 4.69) is 20.9 Å². The van der Waals surface area contributed by atoms with E-state index in [1.165, 1.54) is 11.3 Å². The molecule has 0 radical (unpaired) electrons. The molecule has 1 atom stereocenters. The SMILES string of the molecule is O=C(c1csc(-c2ccc(Cl)cc2)n1)N1CCOC(c2ccc(Br)cc2)C1. The van der Waals surface area contributed by atoms with Gasteiger partial charge in [-0.1, -0.05) is 51.8 Å². The van der Waals surface area contributed by atoms with Gasteiger partial charge in [-0.05, 0) is 29.8 Å². The molecule has 27 heavy (non-hydrogen) atoms. The number of nitrogens with zero attached hydrogens (tertiary/aromatic N) is 2. The molecule has 4 nitrogen and oxygen atoms in total. The van der Waals surface area contributed by atoms with Gasteiger partial charge in [0.2, 0.25) is 0 Å². The molecule has 0 aliphatic carbocycles. The van der Waals surface area contributed by atoms with Crippen LogP contribution in [0.25, 0.3) is 10.6 Å². The van der Waals surface area contributed by atoms with Gasteiger partial charge in [0, 0.05) is 27.0 Å². The van der Waals surface area contributed by atoms with E-state index in [1.807, 2.05) is 58.8 Å². The van der Waals surface area contributed by atoms with Gasteiger partial charge >= 0.3 is 0 Å². The first-order chi connectivity index (χ1) is 13.1. The van der Waals surface area contributed by atoms with Crippen molar-refractivity contribution in [2.24, 2.45) is 0 Å². The molecular weight excluding hydrogens is 448 g/mol. The van der Waals surface area contributed by atoms with E-state index in [9.17, 15) is 4.79 Å². The summed E-state index contributed by atoms with van der Waals surface area (Å²) in [6.45, 7) is 1.61. The molecule has 1 saturated heterocycles. The molecule has 1 fully saturated rings. The van der Waals surface area contributed by atoms with Crippen molar-refractivity contribution in [3.05, 3.63) is 74.7 Å². The van der Waals surface area contributed by atoms with E-state index in [0.29, 0.717) is 30.4 Å². The molecule has 1 unspecified atom stereocenters. The van der Waals surface area contributed by atoms with Crippen molar-refractivity contribution in [1.29, 1.82) is 0 Å². The predicted octanol–water partition coefficient (Wildman–Crippen LogP) is 5.44. The minimum Gasteiger partial charge on any atom is -0.370 e. The number of amides is 1. The highest BCUT2D eigenvalue weighted by molar-refractivity contribution is 9.10. The molecule has 1 aliphatic heterocycles. The molecule has 0 saturated carbocycles. The normalized spacial score (nSPS) is 17.1. The van der Waals surface area contributed by atoms with Crippen LogP contribution in [0.3, 0.4) is 0 Å². The highest BCUT2D eigenvalue weighted by atomic mass is 79.9. The first-order valence-corrected chi connectivity index (χ1v) is 10.5. The van der Waals surface area contributed by atoms with Crippen LogP contribution in [0, 0.1) is 0 Å². The average Bonchev–Trinajstić information content (AvgIpc) is 3.19. The van der Waals surface area contributed by atoms with E-state index in [4.69, 9.17) is 16.3 Å². The molecule has 3 aromatic rings. The Morgan fingerprint density at radius 1 is 1.19 bits per heavy atom. The number of rotatable bonds is 3. The Balaban J connectivity index is 1.49. The third kappa shape index (κ3) is 4.24. The number of carbonyl (C=O) groups excluding carboxylic acids is 1. The number of hydrogen-bond acceptors (Lipinski definition) is 4. The Hall–Kier alpha value is -1.73. The van der Waals surface area contributed by atoms with Crippen LogP contribution in [0.2, 0.25) is 5.02 Å². The van der Waals surface area contributed by atoms with Crippen LogP contribution in [-0.4, -0.2) is 35.5 Å². The number of carbonyl (C=O) groups is 1. The van der Waals surface area contributed by atoms with Crippen LogP contribution in [0.4, 0.5) is 0 Å². The van der Waals surface area contributed by atoms with Crippen LogP contribution >= 0.6 is 38.9 Å². The molecule has 2 aromatic carbocycles. The van der Waals surface area contributed by atoms with Gasteiger partial charge in [0.15, 0.2) is 0 Å². The summed E-state index contributed by atoms with van der Waals surface area (Å²) < 4.78 is 6.89. The van der Waals surface area contributed by atoms with Gasteiger partial charge < -0.3 is 9.64 Å². The van der Waals surface area contributed by atoms with Crippen molar-refractivity contribution in [3.63, 3.8) is 0 Å². The monoisotopic (exact) mass is 462 g/mol. The number of hydrogen-bond donors (Lipinski definition) is 0. The second kappa shape index (κ2) is 8.10. The Kier molecular flexibility index (Phi) is 5.59. The number of aromatic nitrogens is 1. The molecule has 7 heteroatoms. The van der Waals surface area contributed by atoms with Crippen molar-refractivity contribution in [2.45, 2.75) is 6.10 Å². The number of ether oxygens (including phenoxy) is 1. The Bertz CT molecular complexity index is 943. The summed E-state index contributed by atoms with van der Waals surface area (Å²) in [7, 11) is 0. The predicted molar refractivity (Wildman–Crippen MR) is 111 cm³/mol. The summed E-state index contributed by atoms with van der Waals surface area (Å²) in [5.74, 6) is -0.0584. The van der Waals surface area contributed by atoms with Crippen molar-refractivity contribution in [3.8, 4) is 10.6 Å². The minimum absolute atomic E-state index is 0.0584. The summed E-state index contributed by atoms with van der Waals surface area (Å²) in [4.78, 5) is 19.3. The minimum atomic E-state index is -0.120. The van der Waals surface area contributed by atoms with Crippen molar-refractivity contribution < 1.29 is 9.53 Å². The van der Waals surface area contributed by atoms with Crippen LogP contribution in [0.1, 0.15) is 22.2 Å². The number of halogens is 2. The van der Waals surface area contributed by atoms with Gasteiger partial charge in [0.1, 0.15) is 16.8 Å². The summed E-state index contributed by atoms with van der Waals surface area (Å²) >= 11 is 10.8. The topological polar surface area (TPSA) is 42.4 Å². The van der Waals surface area contributed by atoms with E-state index in [1.54, 1.807) is 0 Å². The van der Waals surface area contributed by atoms with Crippen molar-refractivity contribution >= 4 is 44.8 Å². The van der Waals surface area contributed by atoms with Gasteiger partial charge in [0.05, 0.1) is 13.2 Å². The quantitative estimate of drug-likeness (QED) is 0.519. The summed E-state index contributed by atoms with van der Waals surface area (Å²) in [5, 5.41) is 3.31. The first-order valence-electron chi connectivity index (χ1n) is 8.48. The molecule has 1 aromatic heterocycles. The Morgan fingerprint density at radius 2 is 1.93 bits per heavy atom.